The number of hydrogen-bond donors (Lipinski definition) is 2. The van der Waals surface area contributed by atoms with E-state index in [1.165, 1.54) is 12.5 Å². The van der Waals surface area contributed by atoms with Gasteiger partial charge in [0.2, 0.25) is 0 Å². The number of nitrogens with one attached hydrogen (secondary N) is 1. The Labute approximate surface area is 104 Å². The van der Waals surface area contributed by atoms with Crippen LogP contribution < -0.4 is 11.1 Å². The Balaban J connectivity index is 2.16. The summed E-state index contributed by atoms with van der Waals surface area (Å²) in [7, 11) is 0. The number of amides is 1. The van der Waals surface area contributed by atoms with Crippen LogP contribution in [0.2, 0.25) is 10.0 Å². The Hall–Kier alpha value is -0.930. The zero-order valence-corrected chi connectivity index (χ0v) is 10.1. The Bertz CT molecular complexity index is 407. The molecule has 0 spiro atoms. The molecule has 1 amide bonds. The maximum Gasteiger partial charge on any atom is 0.251 e. The molecule has 5 heteroatoms. The molecule has 86 valence electrons. The van der Waals surface area contributed by atoms with E-state index in [2.05, 4.69) is 5.32 Å². The van der Waals surface area contributed by atoms with Crippen LogP contribution in [0.4, 0.5) is 5.69 Å². The van der Waals surface area contributed by atoms with Crippen LogP contribution in [0.25, 0.3) is 0 Å². The summed E-state index contributed by atoms with van der Waals surface area (Å²) in [5.41, 5.74) is 6.42. The molecule has 1 fully saturated rings. The predicted molar refractivity (Wildman–Crippen MR) is 66.0 cm³/mol. The quantitative estimate of drug-likeness (QED) is 0.802. The summed E-state index contributed by atoms with van der Waals surface area (Å²) < 4.78 is 0. The van der Waals surface area contributed by atoms with Gasteiger partial charge in [-0.3, -0.25) is 4.79 Å². The molecule has 0 bridgehead atoms. The molecule has 1 saturated carbocycles. The largest absolute Gasteiger partial charge is 0.397 e. The predicted octanol–water partition coefficient (Wildman–Crippen LogP) is 2.86. The molecule has 1 aromatic carbocycles. The first-order valence-electron chi connectivity index (χ1n) is 5.13. The fourth-order valence-electron chi connectivity index (χ4n) is 1.56. The second-order valence-electron chi connectivity index (χ2n) is 3.96. The van der Waals surface area contributed by atoms with Gasteiger partial charge in [-0.2, -0.15) is 0 Å². The zero-order chi connectivity index (χ0) is 11.7. The number of anilines is 1. The van der Waals surface area contributed by atoms with Crippen LogP contribution in [0.5, 0.6) is 0 Å². The van der Waals surface area contributed by atoms with Gasteiger partial charge >= 0.3 is 0 Å². The molecule has 1 aromatic rings. The molecule has 0 aromatic heterocycles. The topological polar surface area (TPSA) is 55.1 Å². The Morgan fingerprint density at radius 2 is 2.06 bits per heavy atom. The summed E-state index contributed by atoms with van der Waals surface area (Å²) in [5.74, 6) is -0.144. The van der Waals surface area contributed by atoms with Crippen molar-refractivity contribution in [3.8, 4) is 0 Å². The monoisotopic (exact) mass is 258 g/mol. The van der Waals surface area contributed by atoms with Crippen molar-refractivity contribution in [1.82, 2.24) is 5.32 Å². The van der Waals surface area contributed by atoms with Gasteiger partial charge < -0.3 is 11.1 Å². The molecule has 3 nitrogen and oxygen atoms in total. The molecule has 0 aliphatic heterocycles. The SMILES string of the molecule is Nc1cc(C(=O)NC2CCC2)cc(Cl)c1Cl. The molecule has 0 atom stereocenters. The Kier molecular flexibility index (Phi) is 3.26. The number of nitrogen functional groups attached to an aromatic ring is 1. The highest BCUT2D eigenvalue weighted by Gasteiger charge is 2.20. The van der Waals surface area contributed by atoms with Crippen LogP contribution in [-0.2, 0) is 0 Å². The molecule has 0 heterocycles. The zero-order valence-electron chi connectivity index (χ0n) is 8.59. The molecule has 0 saturated heterocycles. The first-order valence-corrected chi connectivity index (χ1v) is 5.89. The smallest absolute Gasteiger partial charge is 0.251 e. The van der Waals surface area contributed by atoms with Crippen molar-refractivity contribution in [2.75, 3.05) is 5.73 Å². The van der Waals surface area contributed by atoms with Gasteiger partial charge in [0.1, 0.15) is 0 Å². The fraction of sp³-hybridized carbons (Fsp3) is 0.364. The number of carbonyl (C=O) groups excluding carboxylic acids is 1. The van der Waals surface area contributed by atoms with Crippen molar-refractivity contribution < 1.29 is 4.79 Å². The highest BCUT2D eigenvalue weighted by Crippen LogP contribution is 2.29. The first kappa shape index (κ1) is 11.6. The molecule has 1 aliphatic carbocycles. The van der Waals surface area contributed by atoms with E-state index >= 15 is 0 Å². The van der Waals surface area contributed by atoms with E-state index < -0.39 is 0 Å². The third kappa shape index (κ3) is 2.25. The highest BCUT2D eigenvalue weighted by atomic mass is 35.5. The maximum absolute atomic E-state index is 11.8. The molecule has 2 rings (SSSR count). The standard InChI is InChI=1S/C11H12Cl2N2O/c12-8-4-6(5-9(14)10(8)13)11(16)15-7-2-1-3-7/h4-5,7H,1-3,14H2,(H,15,16). The third-order valence-corrected chi connectivity index (χ3v) is 3.58. The summed E-state index contributed by atoms with van der Waals surface area (Å²) >= 11 is 11.7. The number of benzene rings is 1. The van der Waals surface area contributed by atoms with E-state index in [1.54, 1.807) is 6.07 Å². The summed E-state index contributed by atoms with van der Waals surface area (Å²) in [6.07, 6.45) is 3.26. The van der Waals surface area contributed by atoms with Gasteiger partial charge in [-0.15, -0.1) is 0 Å². The molecular weight excluding hydrogens is 247 g/mol. The lowest BCUT2D eigenvalue weighted by Gasteiger charge is -2.26. The van der Waals surface area contributed by atoms with Crippen molar-refractivity contribution in [2.24, 2.45) is 0 Å². The summed E-state index contributed by atoms with van der Waals surface area (Å²) in [6, 6.07) is 3.37. The molecule has 16 heavy (non-hydrogen) atoms. The van der Waals surface area contributed by atoms with Crippen LogP contribution in [0, 0.1) is 0 Å². The molecule has 0 radical (unpaired) electrons. The lowest BCUT2D eigenvalue weighted by molar-refractivity contribution is 0.0917. The second-order valence-corrected chi connectivity index (χ2v) is 4.75. The Morgan fingerprint density at radius 3 is 2.56 bits per heavy atom. The van der Waals surface area contributed by atoms with E-state index in [0.717, 1.165) is 12.8 Å². The van der Waals surface area contributed by atoms with E-state index in [9.17, 15) is 4.79 Å². The van der Waals surface area contributed by atoms with Gasteiger partial charge in [-0.25, -0.2) is 0 Å². The normalized spacial score (nSPS) is 15.6. The van der Waals surface area contributed by atoms with Gasteiger partial charge in [0.05, 0.1) is 15.7 Å². The van der Waals surface area contributed by atoms with Gasteiger partial charge in [-0.1, -0.05) is 23.2 Å². The van der Waals surface area contributed by atoms with E-state index in [1.807, 2.05) is 0 Å². The van der Waals surface area contributed by atoms with E-state index in [-0.39, 0.29) is 5.91 Å². The van der Waals surface area contributed by atoms with Crippen molar-refractivity contribution >= 4 is 34.8 Å². The number of carbonyl (C=O) groups is 1. The highest BCUT2D eigenvalue weighted by molar-refractivity contribution is 6.43. The number of nitrogens with two attached hydrogens (primary N) is 1. The number of rotatable bonds is 2. The minimum absolute atomic E-state index is 0.144. The summed E-state index contributed by atoms with van der Waals surface area (Å²) in [5, 5.41) is 3.51. The Morgan fingerprint density at radius 1 is 1.38 bits per heavy atom. The fourth-order valence-corrected chi connectivity index (χ4v) is 1.90. The van der Waals surface area contributed by atoms with Crippen molar-refractivity contribution in [3.05, 3.63) is 27.7 Å². The third-order valence-electron chi connectivity index (χ3n) is 2.76. The minimum Gasteiger partial charge on any atom is -0.397 e. The van der Waals surface area contributed by atoms with Gasteiger partial charge in [0.25, 0.3) is 5.91 Å². The first-order chi connectivity index (χ1) is 7.58. The summed E-state index contributed by atoms with van der Waals surface area (Å²) in [4.78, 5) is 11.8. The average Bonchev–Trinajstić information content (AvgIpc) is 2.19. The van der Waals surface area contributed by atoms with Crippen LogP contribution >= 0.6 is 23.2 Å². The lowest BCUT2D eigenvalue weighted by atomic mass is 9.93. The van der Waals surface area contributed by atoms with E-state index in [4.69, 9.17) is 28.9 Å². The lowest BCUT2D eigenvalue weighted by Crippen LogP contribution is -2.39. The van der Waals surface area contributed by atoms with Gasteiger partial charge in [0, 0.05) is 11.6 Å². The maximum atomic E-state index is 11.8. The molecule has 3 N–H and O–H groups in total. The van der Waals surface area contributed by atoms with Crippen LogP contribution in [0.15, 0.2) is 12.1 Å². The average molecular weight is 259 g/mol. The van der Waals surface area contributed by atoms with Crippen LogP contribution in [0.3, 0.4) is 0 Å². The second kappa shape index (κ2) is 4.52. The molecule has 1 aliphatic rings. The van der Waals surface area contributed by atoms with Crippen molar-refractivity contribution in [2.45, 2.75) is 25.3 Å². The van der Waals surface area contributed by atoms with Gasteiger partial charge in [0.15, 0.2) is 0 Å². The van der Waals surface area contributed by atoms with E-state index in [0.29, 0.717) is 27.3 Å². The minimum atomic E-state index is -0.144. The van der Waals surface area contributed by atoms with Crippen molar-refractivity contribution in [1.29, 1.82) is 0 Å². The molecule has 0 unspecified atom stereocenters. The van der Waals surface area contributed by atoms with Crippen LogP contribution in [-0.4, -0.2) is 11.9 Å². The number of halogens is 2. The molecular formula is C11H12Cl2N2O. The number of hydrogen-bond acceptors (Lipinski definition) is 2. The van der Waals surface area contributed by atoms with Gasteiger partial charge in [-0.05, 0) is 31.4 Å². The summed E-state index contributed by atoms with van der Waals surface area (Å²) in [6.45, 7) is 0. The van der Waals surface area contributed by atoms with Crippen molar-refractivity contribution in [3.63, 3.8) is 0 Å². The van der Waals surface area contributed by atoms with Crippen LogP contribution in [0.1, 0.15) is 29.6 Å².